The molecular formula is C90H152F8O18. The molecule has 0 aromatic heterocycles. The average Bonchev–Trinajstić information content (AvgIpc) is 1.39. The van der Waals surface area contributed by atoms with Crippen LogP contribution < -0.4 is 0 Å². The maximum Gasteiger partial charge on any atom is 0.306 e. The number of esters is 2. The highest BCUT2D eigenvalue weighted by molar-refractivity contribution is 5.88. The van der Waals surface area contributed by atoms with Gasteiger partial charge in [0.25, 0.3) is 0 Å². The molecule has 2 unspecified atom stereocenters. The zero-order valence-electron chi connectivity index (χ0n) is 70.6. The Hall–Kier alpha value is -4.82. The fourth-order valence-corrected chi connectivity index (χ4v) is 17.7. The van der Waals surface area contributed by atoms with E-state index in [2.05, 4.69) is 0 Å². The van der Waals surface area contributed by atoms with Crippen LogP contribution in [0.5, 0.6) is 0 Å². The van der Waals surface area contributed by atoms with Gasteiger partial charge in [-0.25, -0.2) is 17.6 Å². The summed E-state index contributed by atoms with van der Waals surface area (Å²) in [5, 5.41) is 38.2. The van der Waals surface area contributed by atoms with E-state index in [0.717, 1.165) is 96.3 Å². The molecule has 2 heterocycles. The van der Waals surface area contributed by atoms with E-state index in [4.69, 9.17) is 29.2 Å². The average molecular weight is 1670 g/mol. The summed E-state index contributed by atoms with van der Waals surface area (Å²) >= 11 is 0. The zero-order chi connectivity index (χ0) is 85.6. The lowest BCUT2D eigenvalue weighted by atomic mass is 9.81. The Labute approximate surface area is 689 Å². The minimum absolute atomic E-state index is 0. The number of halogens is 8. The Balaban J connectivity index is 0.000000770. The first kappa shape index (κ1) is 109. The molecule has 4 saturated carbocycles. The van der Waals surface area contributed by atoms with Crippen LogP contribution in [0.4, 0.5) is 35.1 Å². The molecule has 0 bridgehead atoms. The lowest BCUT2D eigenvalue weighted by molar-refractivity contribution is -0.356. The van der Waals surface area contributed by atoms with Gasteiger partial charge in [0.15, 0.2) is 0 Å². The molecule has 2 saturated heterocycles. The summed E-state index contributed by atoms with van der Waals surface area (Å²) in [5.41, 5.74) is 0. The number of carboxylic acid groups (broad SMARTS) is 2. The molecule has 0 spiro atoms. The largest absolute Gasteiger partial charge is 0.481 e. The molecular weight excluding hydrogens is 1520 g/mol. The number of ketones is 6. The third-order valence-electron chi connectivity index (χ3n) is 24.4. The quantitative estimate of drug-likeness (QED) is 0.0250. The number of hydrogen-bond donors (Lipinski definition) is 4. The lowest BCUT2D eigenvalue weighted by Gasteiger charge is -2.43. The van der Waals surface area contributed by atoms with E-state index in [1.54, 1.807) is 0 Å². The van der Waals surface area contributed by atoms with Crippen LogP contribution in [0, 0.1) is 59.2 Å². The Morgan fingerprint density at radius 2 is 0.672 bits per heavy atom. The molecule has 0 amide bonds. The monoisotopic (exact) mass is 1670 g/mol. The standard InChI is InChI=1S/C24H40F2O4.C23H38F2O5.C21H34F2O4.C20H32F2O5.2CH4/c1-5-6-15-24(25,26)22(28)14-13-19-18(4)16-21(27)20(19)11-9-7-8-10-12-23(29)30-17(2)3;1-4-5-13-22(24,25)23(28)14-12-18-17(19(26)15-20(18)30-23)10-8-6-7-9-11-21(27)29-16(2)3;1-3-4-13-21(22,23)19(25)12-11-16-15(2)14-18(24)17(16)9-7-5-6-8-10-20(26)27;1-2-3-11-19(21,22)20(26)12-10-15-14(16(23)13-17(15)27-20)8-6-4-5-7-9-18(24)25;;/h17-20H,5-16H2,1-4H3;16-18,20,28H,4-15H2,1-3H3;15-17H,3-14H2,1-2H3,(H,26,27);14-15,17,26H,2-13H2,1H3,(H,24,25);2*1H4/t18-,19+,20-;17-,18-,20-,23?;15-,16+,17-;14-,15-,17-,20?;;/m1111../s1. The second kappa shape index (κ2) is 54.5. The van der Waals surface area contributed by atoms with Crippen molar-refractivity contribution < 1.29 is 122 Å². The number of unbranched alkanes of at least 4 members (excludes halogenated alkanes) is 16. The van der Waals surface area contributed by atoms with E-state index in [0.29, 0.717) is 135 Å². The highest BCUT2D eigenvalue weighted by Gasteiger charge is 2.62. The van der Waals surface area contributed by atoms with Gasteiger partial charge in [0.2, 0.25) is 23.1 Å². The van der Waals surface area contributed by atoms with Gasteiger partial charge >= 0.3 is 47.6 Å². The van der Waals surface area contributed by atoms with Gasteiger partial charge < -0.3 is 39.4 Å². The van der Waals surface area contributed by atoms with Crippen molar-refractivity contribution in [3.63, 3.8) is 0 Å². The summed E-state index contributed by atoms with van der Waals surface area (Å²) in [4.78, 5) is 117. The molecule has 116 heavy (non-hydrogen) atoms. The van der Waals surface area contributed by atoms with Crippen LogP contribution in [0.15, 0.2) is 0 Å². The van der Waals surface area contributed by atoms with E-state index < -0.39 is 83.8 Å². The SMILES string of the molecule is C.C.CCCCC(F)(F)C(=O)CC[C@H]1[C@H](C)CC(=O)[C@@H]1CCCCCCC(=O)O.CCCCC(F)(F)C(=O)CC[C@H]1[C@H](C)CC(=O)[C@@H]1CCCCCCC(=O)OC(C)C.CCCCC(F)(F)C1(O)CC[C@H]2[C@@H](CC(=O)[C@@H]2CCCCCCC(=O)O)O1.CCCCC(F)(F)C1(O)CC[C@H]2[C@@H](CC(=O)[C@@H]2CCCCCCC(=O)OC(C)C)O1. The Morgan fingerprint density at radius 3 is 0.966 bits per heavy atom. The number of ether oxygens (including phenoxy) is 4. The first-order valence-electron chi connectivity index (χ1n) is 43.9. The number of aliphatic carboxylic acids is 2. The van der Waals surface area contributed by atoms with Crippen molar-refractivity contribution in [1.29, 1.82) is 0 Å². The van der Waals surface area contributed by atoms with Crippen molar-refractivity contribution >= 4 is 58.6 Å². The topological polar surface area (TPSA) is 289 Å². The van der Waals surface area contributed by atoms with Gasteiger partial charge in [-0.3, -0.25) is 47.9 Å². The highest BCUT2D eigenvalue weighted by Crippen LogP contribution is 2.52. The molecule has 4 N–H and O–H groups in total. The second-order valence-electron chi connectivity index (χ2n) is 34.5. The molecule has 6 rings (SSSR count). The number of aliphatic hydroxyl groups is 2. The van der Waals surface area contributed by atoms with Crippen molar-refractivity contribution in [3.8, 4) is 0 Å². The molecule has 0 aromatic rings. The van der Waals surface area contributed by atoms with Gasteiger partial charge in [0.1, 0.15) is 23.1 Å². The predicted molar refractivity (Wildman–Crippen MR) is 431 cm³/mol. The van der Waals surface area contributed by atoms with E-state index >= 15 is 0 Å². The summed E-state index contributed by atoms with van der Waals surface area (Å²) in [5.74, 6) is -22.0. The predicted octanol–water partition coefficient (Wildman–Crippen LogP) is 22.5. The van der Waals surface area contributed by atoms with Crippen molar-refractivity contribution in [3.05, 3.63) is 0 Å². The van der Waals surface area contributed by atoms with Gasteiger partial charge in [0.05, 0.1) is 24.4 Å². The maximum atomic E-state index is 14.5. The van der Waals surface area contributed by atoms with Crippen LogP contribution in [0.25, 0.3) is 0 Å². The summed E-state index contributed by atoms with van der Waals surface area (Å²) in [6.45, 7) is 18.6. The van der Waals surface area contributed by atoms with Crippen LogP contribution in [0.3, 0.4) is 0 Å². The normalized spacial score (nSPS) is 25.8. The van der Waals surface area contributed by atoms with Crippen LogP contribution in [-0.2, 0) is 66.9 Å². The minimum atomic E-state index is -3.31. The summed E-state index contributed by atoms with van der Waals surface area (Å²) in [7, 11) is 0. The number of carboxylic acids is 2. The number of carbonyl (C=O) groups excluding carboxylic acids is 8. The number of Topliss-reactive ketones (excluding diaryl/α,β-unsaturated/α-hetero) is 6. The van der Waals surface area contributed by atoms with Crippen LogP contribution >= 0.6 is 0 Å². The van der Waals surface area contributed by atoms with Gasteiger partial charge in [0, 0.05) is 126 Å². The molecule has 0 aromatic carbocycles. The second-order valence-corrected chi connectivity index (χ2v) is 34.5. The van der Waals surface area contributed by atoms with E-state index in [1.165, 1.54) is 0 Å². The number of carbonyl (C=O) groups is 10. The van der Waals surface area contributed by atoms with Crippen LogP contribution in [0.2, 0.25) is 0 Å². The fraction of sp³-hybridized carbons (Fsp3) is 0.889. The molecule has 14 atom stereocenters. The van der Waals surface area contributed by atoms with E-state index in [9.17, 15) is 93.3 Å². The number of fused-ring (bicyclic) bond motifs is 2. The van der Waals surface area contributed by atoms with E-state index in [-0.39, 0.29) is 186 Å². The zero-order valence-corrected chi connectivity index (χ0v) is 70.6. The third-order valence-corrected chi connectivity index (χ3v) is 24.4. The van der Waals surface area contributed by atoms with Crippen molar-refractivity contribution in [2.24, 2.45) is 59.2 Å². The highest BCUT2D eigenvalue weighted by atomic mass is 19.3. The molecule has 0 radical (unpaired) electrons. The Bertz CT molecular complexity index is 2930. The number of alkyl halides is 8. The van der Waals surface area contributed by atoms with Crippen molar-refractivity contribution in [2.45, 2.75) is 452 Å². The number of rotatable bonds is 52. The minimum Gasteiger partial charge on any atom is -0.481 e. The number of hydrogen-bond acceptors (Lipinski definition) is 16. The molecule has 676 valence electrons. The van der Waals surface area contributed by atoms with Gasteiger partial charge in [-0.15, -0.1) is 0 Å². The molecule has 18 nitrogen and oxygen atoms in total. The summed E-state index contributed by atoms with van der Waals surface area (Å²) < 4.78 is 135. The van der Waals surface area contributed by atoms with Crippen molar-refractivity contribution in [1.82, 2.24) is 0 Å². The molecule has 2 aliphatic heterocycles. The van der Waals surface area contributed by atoms with Gasteiger partial charge in [-0.05, 0) is 166 Å². The molecule has 4 aliphatic carbocycles. The van der Waals surface area contributed by atoms with E-state index in [1.807, 2.05) is 69.2 Å². The molecule has 6 aliphatic rings. The fourth-order valence-electron chi connectivity index (χ4n) is 17.7. The smallest absolute Gasteiger partial charge is 0.306 e. The van der Waals surface area contributed by atoms with Gasteiger partial charge in [-0.2, -0.15) is 17.6 Å². The molecule has 26 heteroatoms. The maximum absolute atomic E-state index is 14.5. The Morgan fingerprint density at radius 1 is 0.397 bits per heavy atom. The Kier molecular flexibility index (Phi) is 51.3. The lowest BCUT2D eigenvalue weighted by Crippen LogP contribution is -2.55. The summed E-state index contributed by atoms with van der Waals surface area (Å²) in [6, 6.07) is 0. The van der Waals surface area contributed by atoms with Crippen molar-refractivity contribution in [2.75, 3.05) is 0 Å². The van der Waals surface area contributed by atoms with Gasteiger partial charge in [-0.1, -0.05) is 159 Å². The first-order valence-corrected chi connectivity index (χ1v) is 43.9. The molecule has 6 fully saturated rings. The first-order chi connectivity index (χ1) is 53.6. The summed E-state index contributed by atoms with van der Waals surface area (Å²) in [6.07, 6.45) is 20.0. The van der Waals surface area contributed by atoms with Crippen LogP contribution in [0.1, 0.15) is 392 Å². The third kappa shape index (κ3) is 37.3. The van der Waals surface area contributed by atoms with Crippen LogP contribution in [-0.4, -0.2) is 139 Å².